The minimum Gasteiger partial charge on any atom is -0.480 e. The predicted octanol–water partition coefficient (Wildman–Crippen LogP) is 0.191. The fourth-order valence-electron chi connectivity index (χ4n) is 1.54. The third-order valence-electron chi connectivity index (χ3n) is 2.37. The van der Waals surface area contributed by atoms with Crippen LogP contribution in [0.15, 0.2) is 18.6 Å². The van der Waals surface area contributed by atoms with Gasteiger partial charge in [0.2, 0.25) is 5.95 Å². The Labute approximate surface area is 103 Å². The Bertz CT molecular complexity index is 532. The number of carbonyl (C=O) groups is 1. The molecule has 0 aliphatic rings. The van der Waals surface area contributed by atoms with Gasteiger partial charge in [-0.1, -0.05) is 5.21 Å². The molecule has 0 spiro atoms. The van der Waals surface area contributed by atoms with Crippen LogP contribution in [0.5, 0.6) is 0 Å². The van der Waals surface area contributed by atoms with Crippen molar-refractivity contribution in [2.75, 3.05) is 5.32 Å². The summed E-state index contributed by atoms with van der Waals surface area (Å²) in [5.74, 6) is -0.189. The van der Waals surface area contributed by atoms with Crippen LogP contribution in [-0.4, -0.2) is 35.6 Å². The zero-order valence-electron chi connectivity index (χ0n) is 9.94. The molecule has 8 nitrogen and oxygen atoms in total. The lowest BCUT2D eigenvalue weighted by Gasteiger charge is -2.05. The molecule has 2 aromatic rings. The predicted molar refractivity (Wildman–Crippen MR) is 62.9 cm³/mol. The first kappa shape index (κ1) is 12.1. The Morgan fingerprint density at radius 3 is 3.11 bits per heavy atom. The van der Waals surface area contributed by atoms with E-state index in [2.05, 4.69) is 20.6 Å². The second-order valence-corrected chi connectivity index (χ2v) is 3.69. The molecule has 0 aliphatic carbocycles. The van der Waals surface area contributed by atoms with Crippen LogP contribution in [0.3, 0.4) is 0 Å². The maximum absolute atomic E-state index is 10.5. The number of aliphatic carboxylic acids is 1. The third-order valence-corrected chi connectivity index (χ3v) is 2.37. The van der Waals surface area contributed by atoms with Crippen molar-refractivity contribution < 1.29 is 9.90 Å². The van der Waals surface area contributed by atoms with Crippen molar-refractivity contribution in [2.24, 2.45) is 0 Å². The van der Waals surface area contributed by atoms with Crippen molar-refractivity contribution in [2.45, 2.75) is 26.6 Å². The van der Waals surface area contributed by atoms with Gasteiger partial charge in [0.25, 0.3) is 0 Å². The van der Waals surface area contributed by atoms with Crippen LogP contribution in [0.25, 0.3) is 0 Å². The summed E-state index contributed by atoms with van der Waals surface area (Å²) >= 11 is 0. The second-order valence-electron chi connectivity index (χ2n) is 3.69. The van der Waals surface area contributed by atoms with Gasteiger partial charge < -0.3 is 15.0 Å². The minimum absolute atomic E-state index is 0.184. The molecule has 0 saturated carbocycles. The molecule has 0 amide bonds. The summed E-state index contributed by atoms with van der Waals surface area (Å²) in [6, 6.07) is 0. The molecule has 0 aromatic carbocycles. The third kappa shape index (κ3) is 2.84. The lowest BCUT2D eigenvalue weighted by molar-refractivity contribution is -0.137. The van der Waals surface area contributed by atoms with E-state index in [1.807, 2.05) is 17.7 Å². The standard InChI is InChI=1S/C10H14N6O2/c1-2-15-4-3-11-10(15)12-5-8-6-16(14-13-8)7-9(17)18/h3-4,6H,2,5,7H2,1H3,(H,11,12)(H,17,18). The number of nitrogens with one attached hydrogen (secondary N) is 1. The molecule has 2 rings (SSSR count). The molecule has 0 unspecified atom stereocenters. The summed E-state index contributed by atoms with van der Waals surface area (Å²) < 4.78 is 3.24. The molecule has 18 heavy (non-hydrogen) atoms. The van der Waals surface area contributed by atoms with Crippen LogP contribution in [0.1, 0.15) is 12.6 Å². The van der Waals surface area contributed by atoms with Crippen LogP contribution < -0.4 is 5.32 Å². The maximum Gasteiger partial charge on any atom is 0.325 e. The number of carboxylic acids is 1. The molecule has 0 bridgehead atoms. The smallest absolute Gasteiger partial charge is 0.325 e. The van der Waals surface area contributed by atoms with Gasteiger partial charge in [-0.25, -0.2) is 9.67 Å². The van der Waals surface area contributed by atoms with E-state index in [9.17, 15) is 4.79 Å². The molecular weight excluding hydrogens is 236 g/mol. The Morgan fingerprint density at radius 2 is 2.39 bits per heavy atom. The van der Waals surface area contributed by atoms with Gasteiger partial charge in [-0.3, -0.25) is 4.79 Å². The normalized spacial score (nSPS) is 10.5. The molecule has 2 aromatic heterocycles. The molecule has 0 radical (unpaired) electrons. The van der Waals surface area contributed by atoms with Gasteiger partial charge >= 0.3 is 5.97 Å². The van der Waals surface area contributed by atoms with Crippen molar-refractivity contribution >= 4 is 11.9 Å². The van der Waals surface area contributed by atoms with E-state index in [-0.39, 0.29) is 6.54 Å². The van der Waals surface area contributed by atoms with Crippen LogP contribution >= 0.6 is 0 Å². The van der Waals surface area contributed by atoms with E-state index in [4.69, 9.17) is 5.11 Å². The van der Waals surface area contributed by atoms with Crippen LogP contribution in [0, 0.1) is 0 Å². The quantitative estimate of drug-likeness (QED) is 0.759. The van der Waals surface area contributed by atoms with Crippen LogP contribution in [-0.2, 0) is 24.4 Å². The number of hydrogen-bond acceptors (Lipinski definition) is 5. The molecule has 0 fully saturated rings. The highest BCUT2D eigenvalue weighted by Gasteiger charge is 2.05. The van der Waals surface area contributed by atoms with Crippen molar-refractivity contribution in [1.29, 1.82) is 0 Å². The van der Waals surface area contributed by atoms with E-state index in [1.54, 1.807) is 12.4 Å². The number of anilines is 1. The van der Waals surface area contributed by atoms with E-state index in [0.29, 0.717) is 12.2 Å². The van der Waals surface area contributed by atoms with Gasteiger partial charge in [0, 0.05) is 18.9 Å². The summed E-state index contributed by atoms with van der Waals surface area (Å²) in [4.78, 5) is 14.6. The zero-order valence-corrected chi connectivity index (χ0v) is 9.94. The van der Waals surface area contributed by atoms with E-state index in [1.165, 1.54) is 4.68 Å². The SMILES string of the molecule is CCn1ccnc1NCc1cn(CC(=O)O)nn1. The van der Waals surface area contributed by atoms with Gasteiger partial charge in [-0.15, -0.1) is 5.10 Å². The molecule has 0 atom stereocenters. The largest absolute Gasteiger partial charge is 0.480 e. The molecule has 2 N–H and O–H groups in total. The maximum atomic E-state index is 10.5. The van der Waals surface area contributed by atoms with Gasteiger partial charge in [0.15, 0.2) is 0 Å². The number of nitrogens with zero attached hydrogens (tertiary/aromatic N) is 5. The average molecular weight is 250 g/mol. The molecule has 0 saturated heterocycles. The highest BCUT2D eigenvalue weighted by Crippen LogP contribution is 2.05. The number of imidazole rings is 1. The van der Waals surface area contributed by atoms with Crippen molar-refractivity contribution in [1.82, 2.24) is 24.5 Å². The summed E-state index contributed by atoms with van der Waals surface area (Å²) in [5, 5.41) is 19.3. The Morgan fingerprint density at radius 1 is 1.56 bits per heavy atom. The van der Waals surface area contributed by atoms with Crippen molar-refractivity contribution in [3.05, 3.63) is 24.3 Å². The Hall–Kier alpha value is -2.38. The van der Waals surface area contributed by atoms with Crippen LogP contribution in [0.4, 0.5) is 5.95 Å². The summed E-state index contributed by atoms with van der Waals surface area (Å²) in [6.07, 6.45) is 5.19. The highest BCUT2D eigenvalue weighted by atomic mass is 16.4. The topological polar surface area (TPSA) is 97.9 Å². The number of aryl methyl sites for hydroxylation is 1. The van der Waals surface area contributed by atoms with Gasteiger partial charge in [-0.2, -0.15) is 0 Å². The lowest BCUT2D eigenvalue weighted by Crippen LogP contribution is -2.09. The fraction of sp³-hybridized carbons (Fsp3) is 0.400. The lowest BCUT2D eigenvalue weighted by atomic mass is 10.5. The average Bonchev–Trinajstić information content (AvgIpc) is 2.93. The first-order valence-electron chi connectivity index (χ1n) is 5.55. The van der Waals surface area contributed by atoms with Gasteiger partial charge in [0.1, 0.15) is 12.2 Å². The molecule has 96 valence electrons. The van der Waals surface area contributed by atoms with Gasteiger partial charge in [0.05, 0.1) is 12.7 Å². The number of aromatic nitrogens is 5. The van der Waals surface area contributed by atoms with Crippen molar-refractivity contribution in [3.8, 4) is 0 Å². The Kier molecular flexibility index (Phi) is 3.56. The molecule has 0 aliphatic heterocycles. The first-order valence-corrected chi connectivity index (χ1v) is 5.55. The zero-order chi connectivity index (χ0) is 13.0. The minimum atomic E-state index is -0.944. The molecule has 8 heteroatoms. The highest BCUT2D eigenvalue weighted by molar-refractivity contribution is 5.66. The number of hydrogen-bond donors (Lipinski definition) is 2. The fourth-order valence-corrected chi connectivity index (χ4v) is 1.54. The monoisotopic (exact) mass is 250 g/mol. The van der Waals surface area contributed by atoms with Crippen molar-refractivity contribution in [3.63, 3.8) is 0 Å². The van der Waals surface area contributed by atoms with Crippen LogP contribution in [0.2, 0.25) is 0 Å². The van der Waals surface area contributed by atoms with E-state index < -0.39 is 5.97 Å². The first-order chi connectivity index (χ1) is 8.69. The van der Waals surface area contributed by atoms with E-state index in [0.717, 1.165) is 12.5 Å². The summed E-state index contributed by atoms with van der Waals surface area (Å²) in [6.45, 7) is 3.12. The summed E-state index contributed by atoms with van der Waals surface area (Å²) in [5.41, 5.74) is 0.668. The van der Waals surface area contributed by atoms with E-state index >= 15 is 0 Å². The number of carboxylic acid groups (broad SMARTS) is 1. The second kappa shape index (κ2) is 5.30. The Balaban J connectivity index is 1.94. The molecular formula is C10H14N6O2. The summed E-state index contributed by atoms with van der Waals surface area (Å²) in [7, 11) is 0. The number of rotatable bonds is 6. The molecule has 2 heterocycles. The van der Waals surface area contributed by atoms with Gasteiger partial charge in [-0.05, 0) is 6.92 Å².